The van der Waals surface area contributed by atoms with Crippen molar-refractivity contribution in [2.45, 2.75) is 161 Å². The maximum Gasteiger partial charge on any atom is 0.306 e. The molecule has 0 saturated carbocycles. The fourth-order valence-corrected chi connectivity index (χ4v) is 6.10. The minimum Gasteiger partial charge on any atom is -0.756 e. The fourth-order valence-electron chi connectivity index (χ4n) is 5.37. The molecule has 0 radical (unpaired) electrons. The molecule has 58 heavy (non-hydrogen) atoms. The van der Waals surface area contributed by atoms with Crippen molar-refractivity contribution < 1.29 is 52.3 Å². The van der Waals surface area contributed by atoms with Crippen LogP contribution in [0.2, 0.25) is 0 Å². The molecule has 0 aliphatic carbocycles. The maximum atomic E-state index is 12.7. The molecular formula is C46H80NO10P. The normalized spacial score (nSPS) is 15.4. The fraction of sp³-hybridized carbons (Fsp3) is 0.696. The third-order valence-corrected chi connectivity index (χ3v) is 9.87. The zero-order valence-corrected chi connectivity index (χ0v) is 37.6. The molecule has 0 aromatic heterocycles. The minimum absolute atomic E-state index is 0.0219. The number of carbonyl (C=O) groups excluding carboxylic acids is 2. The molecule has 11 nitrogen and oxygen atoms in total. The highest BCUT2D eigenvalue weighted by atomic mass is 31.2. The van der Waals surface area contributed by atoms with Gasteiger partial charge in [0.2, 0.25) is 0 Å². The molecule has 0 aliphatic heterocycles. The Morgan fingerprint density at radius 1 is 0.638 bits per heavy atom. The first kappa shape index (κ1) is 55.4. The first-order chi connectivity index (χ1) is 27.8. The number of hydrogen-bond donors (Lipinski definition) is 2. The van der Waals surface area contributed by atoms with Gasteiger partial charge in [0.1, 0.15) is 19.8 Å². The van der Waals surface area contributed by atoms with Crippen LogP contribution in [-0.2, 0) is 32.7 Å². The van der Waals surface area contributed by atoms with Gasteiger partial charge in [0.05, 0.1) is 40.0 Å². The number of carbonyl (C=O) groups is 2. The van der Waals surface area contributed by atoms with E-state index >= 15 is 0 Å². The summed E-state index contributed by atoms with van der Waals surface area (Å²) in [4.78, 5) is 37.5. The van der Waals surface area contributed by atoms with E-state index < -0.39 is 44.7 Å². The zero-order valence-electron chi connectivity index (χ0n) is 36.7. The van der Waals surface area contributed by atoms with Gasteiger partial charge in [-0.1, -0.05) is 138 Å². The lowest BCUT2D eigenvalue weighted by Crippen LogP contribution is -2.37. The number of aliphatic hydroxyl groups excluding tert-OH is 2. The standard InChI is InChI=1S/C46H80NO10P/c1-6-8-10-11-12-13-14-15-16-17-18-19-23-26-30-36-46(51)57-44(41-56-58(52,53)55-39-38-47(3,4)5)40-54-45(50)37-31-35-43(49)34-29-25-22-20-21-24-28-33-42(48)32-27-9-7-2/h12-13,15-16,21-22,24-25,28-29,33-34,42-44,48-49H,6-11,14,17-20,23,26-27,30-32,35-41H2,1-5H3/b13-12-,16-15-,24-21-,25-22-,33-28+,34-29+/t42-,43-,44+/m0/s1. The van der Waals surface area contributed by atoms with Gasteiger partial charge in [-0.2, -0.15) is 0 Å². The van der Waals surface area contributed by atoms with Crippen molar-refractivity contribution in [3.63, 3.8) is 0 Å². The van der Waals surface area contributed by atoms with E-state index in [0.29, 0.717) is 36.7 Å². The molecule has 1 unspecified atom stereocenters. The Morgan fingerprint density at radius 2 is 1.17 bits per heavy atom. The summed E-state index contributed by atoms with van der Waals surface area (Å²) in [5, 5.41) is 20.2. The van der Waals surface area contributed by atoms with Crippen LogP contribution < -0.4 is 4.89 Å². The Labute approximate surface area is 352 Å². The first-order valence-electron chi connectivity index (χ1n) is 21.9. The summed E-state index contributed by atoms with van der Waals surface area (Å²) in [6.07, 6.45) is 38.6. The monoisotopic (exact) mass is 838 g/mol. The van der Waals surface area contributed by atoms with Crippen LogP contribution in [0.1, 0.15) is 142 Å². The highest BCUT2D eigenvalue weighted by Crippen LogP contribution is 2.38. The molecule has 4 atom stereocenters. The van der Waals surface area contributed by atoms with Crippen LogP contribution in [-0.4, -0.2) is 92.5 Å². The molecule has 0 fully saturated rings. The quantitative estimate of drug-likeness (QED) is 0.0154. The van der Waals surface area contributed by atoms with Crippen LogP contribution in [0, 0.1) is 0 Å². The third kappa shape index (κ3) is 40.2. The van der Waals surface area contributed by atoms with E-state index in [2.05, 4.69) is 38.2 Å². The van der Waals surface area contributed by atoms with Crippen molar-refractivity contribution in [3.05, 3.63) is 72.9 Å². The second-order valence-electron chi connectivity index (χ2n) is 15.8. The predicted molar refractivity (Wildman–Crippen MR) is 234 cm³/mol. The van der Waals surface area contributed by atoms with E-state index in [0.717, 1.165) is 70.6 Å². The summed E-state index contributed by atoms with van der Waals surface area (Å²) in [7, 11) is 1.02. The van der Waals surface area contributed by atoms with Gasteiger partial charge in [0.25, 0.3) is 7.82 Å². The Kier molecular flexibility index (Phi) is 35.7. The summed E-state index contributed by atoms with van der Waals surface area (Å²) >= 11 is 0. The average molecular weight is 838 g/mol. The van der Waals surface area contributed by atoms with Gasteiger partial charge in [0, 0.05) is 12.8 Å². The SMILES string of the molecule is CCCCC/C=C\C/C=C\CCCCCCCC(=O)O[C@H](COC(=O)CCC[C@@H](O)/C=C/C=C\C/C=C\C=C\[C@@H](O)CCCCC)COP(=O)([O-])OCC[N+](C)(C)C. The molecule has 0 aliphatic rings. The van der Waals surface area contributed by atoms with Crippen molar-refractivity contribution in [3.8, 4) is 0 Å². The number of quaternary nitrogens is 1. The minimum atomic E-state index is -4.69. The maximum absolute atomic E-state index is 12.7. The second kappa shape index (κ2) is 37.4. The number of likely N-dealkylation sites (N-methyl/N-ethyl adjacent to an activating group) is 1. The number of allylic oxidation sites excluding steroid dienone is 10. The van der Waals surface area contributed by atoms with Crippen molar-refractivity contribution in [2.75, 3.05) is 47.5 Å². The second-order valence-corrected chi connectivity index (χ2v) is 17.2. The van der Waals surface area contributed by atoms with Crippen LogP contribution in [0.25, 0.3) is 0 Å². The van der Waals surface area contributed by atoms with Gasteiger partial charge >= 0.3 is 11.9 Å². The van der Waals surface area contributed by atoms with E-state index in [9.17, 15) is 29.3 Å². The Balaban J connectivity index is 4.64. The Hall–Kier alpha value is -2.63. The number of hydrogen-bond acceptors (Lipinski definition) is 10. The van der Waals surface area contributed by atoms with E-state index in [-0.39, 0.29) is 26.1 Å². The van der Waals surface area contributed by atoms with Crippen LogP contribution in [0.15, 0.2) is 72.9 Å². The van der Waals surface area contributed by atoms with Crippen molar-refractivity contribution in [1.82, 2.24) is 0 Å². The topological polar surface area (TPSA) is 152 Å². The molecule has 0 spiro atoms. The van der Waals surface area contributed by atoms with E-state index in [1.165, 1.54) is 19.3 Å². The molecule has 12 heteroatoms. The number of phosphoric ester groups is 1. The molecule has 0 heterocycles. The van der Waals surface area contributed by atoms with Crippen molar-refractivity contribution in [1.29, 1.82) is 0 Å². The molecule has 0 rings (SSSR count). The van der Waals surface area contributed by atoms with Gasteiger partial charge < -0.3 is 38.1 Å². The van der Waals surface area contributed by atoms with Gasteiger partial charge in [-0.15, -0.1) is 0 Å². The van der Waals surface area contributed by atoms with Gasteiger partial charge in [0.15, 0.2) is 6.10 Å². The first-order valence-corrected chi connectivity index (χ1v) is 23.3. The van der Waals surface area contributed by atoms with Gasteiger partial charge in [-0.25, -0.2) is 0 Å². The number of nitrogens with zero attached hydrogens (tertiary/aromatic N) is 1. The summed E-state index contributed by atoms with van der Waals surface area (Å²) in [6.45, 7) is 3.79. The van der Waals surface area contributed by atoms with Crippen LogP contribution >= 0.6 is 7.82 Å². The smallest absolute Gasteiger partial charge is 0.306 e. The molecular weight excluding hydrogens is 757 g/mol. The molecule has 0 saturated heterocycles. The lowest BCUT2D eigenvalue weighted by Gasteiger charge is -2.28. The van der Waals surface area contributed by atoms with E-state index in [1.807, 2.05) is 51.5 Å². The number of esters is 2. The highest BCUT2D eigenvalue weighted by Gasteiger charge is 2.22. The molecule has 0 aromatic carbocycles. The largest absolute Gasteiger partial charge is 0.756 e. The Morgan fingerprint density at radius 3 is 1.79 bits per heavy atom. The van der Waals surface area contributed by atoms with Crippen LogP contribution in [0.3, 0.4) is 0 Å². The summed E-state index contributed by atoms with van der Waals surface area (Å²) in [6, 6.07) is 0. The molecule has 334 valence electrons. The average Bonchev–Trinajstić information content (AvgIpc) is 3.16. The molecule has 2 N–H and O–H groups in total. The Bertz CT molecular complexity index is 1250. The van der Waals surface area contributed by atoms with Crippen molar-refractivity contribution >= 4 is 19.8 Å². The summed E-state index contributed by atoms with van der Waals surface area (Å²) < 4.78 is 33.7. The zero-order chi connectivity index (χ0) is 43.2. The molecule has 0 aromatic rings. The highest BCUT2D eigenvalue weighted by molar-refractivity contribution is 7.45. The lowest BCUT2D eigenvalue weighted by atomic mass is 10.1. The predicted octanol–water partition coefficient (Wildman–Crippen LogP) is 9.55. The lowest BCUT2D eigenvalue weighted by molar-refractivity contribution is -0.870. The van der Waals surface area contributed by atoms with Crippen LogP contribution in [0.4, 0.5) is 0 Å². The number of phosphoric acid groups is 1. The number of unbranched alkanes of at least 4 members (excludes halogenated alkanes) is 10. The van der Waals surface area contributed by atoms with E-state index in [1.54, 1.807) is 18.2 Å². The van der Waals surface area contributed by atoms with Crippen molar-refractivity contribution in [2.24, 2.45) is 0 Å². The number of rotatable bonds is 38. The number of ether oxygens (including phenoxy) is 2. The number of aliphatic hydroxyl groups is 2. The molecule has 0 bridgehead atoms. The molecule has 0 amide bonds. The third-order valence-electron chi connectivity index (χ3n) is 8.91. The van der Waals surface area contributed by atoms with Gasteiger partial charge in [-0.05, 0) is 64.2 Å². The van der Waals surface area contributed by atoms with Crippen LogP contribution in [0.5, 0.6) is 0 Å². The summed E-state index contributed by atoms with van der Waals surface area (Å²) in [5.41, 5.74) is 0. The van der Waals surface area contributed by atoms with Gasteiger partial charge in [-0.3, -0.25) is 14.2 Å². The van der Waals surface area contributed by atoms with E-state index in [4.69, 9.17) is 18.5 Å². The summed E-state index contributed by atoms with van der Waals surface area (Å²) in [5.74, 6) is -1.09.